The Kier molecular flexibility index (Phi) is 6.21. The molecular weight excluding hydrogens is 342 g/mol. The number of nitrogens with zero attached hydrogens (tertiary/aromatic N) is 1. The van der Waals surface area contributed by atoms with Gasteiger partial charge in [-0.2, -0.15) is 0 Å². The number of hydrogen-bond donors (Lipinski definition) is 1. The molecule has 1 aliphatic rings. The minimum absolute atomic E-state index is 0.147. The summed E-state index contributed by atoms with van der Waals surface area (Å²) < 4.78 is 31.7. The van der Waals surface area contributed by atoms with Crippen LogP contribution in [0.2, 0.25) is 0 Å². The van der Waals surface area contributed by atoms with Crippen molar-refractivity contribution in [3.05, 3.63) is 35.4 Å². The Balaban J connectivity index is 1.86. The molecule has 0 unspecified atom stereocenters. The minimum atomic E-state index is -0.936. The first-order valence-corrected chi connectivity index (χ1v) is 8.80. The molecule has 0 aromatic heterocycles. The zero-order valence-electron chi connectivity index (χ0n) is 15.6. The van der Waals surface area contributed by atoms with Crippen molar-refractivity contribution < 1.29 is 23.1 Å². The lowest BCUT2D eigenvalue weighted by Gasteiger charge is -2.33. The Morgan fingerprint density at radius 3 is 2.35 bits per heavy atom. The van der Waals surface area contributed by atoms with Gasteiger partial charge < -0.3 is 15.0 Å². The molecule has 26 heavy (non-hydrogen) atoms. The van der Waals surface area contributed by atoms with Gasteiger partial charge in [0, 0.05) is 19.0 Å². The highest BCUT2D eigenvalue weighted by Crippen LogP contribution is 2.22. The summed E-state index contributed by atoms with van der Waals surface area (Å²) in [6.07, 6.45) is 0.706. The van der Waals surface area contributed by atoms with Crippen molar-refractivity contribution in [3.8, 4) is 0 Å². The van der Waals surface area contributed by atoms with Gasteiger partial charge in [0.25, 0.3) is 0 Å². The summed E-state index contributed by atoms with van der Waals surface area (Å²) in [5.74, 6) is -2.22. The first-order chi connectivity index (χ1) is 12.1. The van der Waals surface area contributed by atoms with Crippen LogP contribution in [0.4, 0.5) is 13.6 Å². The SMILES string of the molecule is C[C@H](NC(=O)C1CCN(C(=O)OC(C)(C)C)CC1)c1ccc(F)c(F)c1. The summed E-state index contributed by atoms with van der Waals surface area (Å²) in [6, 6.07) is 3.16. The third-order valence-electron chi connectivity index (χ3n) is 4.32. The average molecular weight is 368 g/mol. The molecule has 1 fully saturated rings. The van der Waals surface area contributed by atoms with E-state index in [1.165, 1.54) is 6.07 Å². The van der Waals surface area contributed by atoms with Crippen molar-refractivity contribution in [2.75, 3.05) is 13.1 Å². The molecule has 1 saturated heterocycles. The van der Waals surface area contributed by atoms with Crippen LogP contribution in [-0.4, -0.2) is 35.6 Å². The van der Waals surface area contributed by atoms with E-state index in [2.05, 4.69) is 5.32 Å². The second kappa shape index (κ2) is 8.01. The quantitative estimate of drug-likeness (QED) is 0.883. The van der Waals surface area contributed by atoms with E-state index in [0.29, 0.717) is 31.5 Å². The molecule has 0 aliphatic carbocycles. The van der Waals surface area contributed by atoms with E-state index in [0.717, 1.165) is 12.1 Å². The molecule has 7 heteroatoms. The van der Waals surface area contributed by atoms with Crippen LogP contribution in [0.3, 0.4) is 0 Å². The van der Waals surface area contributed by atoms with Gasteiger partial charge in [-0.1, -0.05) is 6.07 Å². The molecule has 1 aromatic rings. The smallest absolute Gasteiger partial charge is 0.410 e. The summed E-state index contributed by atoms with van der Waals surface area (Å²) >= 11 is 0. The molecule has 1 aromatic carbocycles. The highest BCUT2D eigenvalue weighted by Gasteiger charge is 2.30. The number of piperidine rings is 1. The standard InChI is InChI=1S/C19H26F2N2O3/c1-12(14-5-6-15(20)16(21)11-14)22-17(24)13-7-9-23(10-8-13)18(25)26-19(2,3)4/h5-6,11-13H,7-10H2,1-4H3,(H,22,24)/t12-/m0/s1. The number of rotatable bonds is 3. The van der Waals surface area contributed by atoms with Gasteiger partial charge >= 0.3 is 6.09 Å². The number of likely N-dealkylation sites (tertiary alicyclic amines) is 1. The fraction of sp³-hybridized carbons (Fsp3) is 0.579. The van der Waals surface area contributed by atoms with Crippen LogP contribution in [0.25, 0.3) is 0 Å². The van der Waals surface area contributed by atoms with Crippen LogP contribution in [0.5, 0.6) is 0 Å². The second-order valence-electron chi connectivity index (χ2n) is 7.65. The summed E-state index contributed by atoms with van der Waals surface area (Å²) in [4.78, 5) is 26.1. The number of benzene rings is 1. The van der Waals surface area contributed by atoms with Crippen molar-refractivity contribution in [2.24, 2.45) is 5.92 Å². The van der Waals surface area contributed by atoms with Crippen molar-refractivity contribution >= 4 is 12.0 Å². The molecule has 1 heterocycles. The maximum Gasteiger partial charge on any atom is 0.410 e. The first-order valence-electron chi connectivity index (χ1n) is 8.80. The Bertz CT molecular complexity index is 665. The van der Waals surface area contributed by atoms with Crippen molar-refractivity contribution in [3.63, 3.8) is 0 Å². The molecule has 0 radical (unpaired) electrons. The molecule has 0 bridgehead atoms. The molecule has 0 saturated carbocycles. The Labute approximate surface area is 152 Å². The van der Waals surface area contributed by atoms with E-state index < -0.39 is 23.3 Å². The monoisotopic (exact) mass is 368 g/mol. The largest absolute Gasteiger partial charge is 0.444 e. The van der Waals surface area contributed by atoms with Gasteiger partial charge in [-0.05, 0) is 58.2 Å². The normalized spacial score (nSPS) is 16.9. The number of amides is 2. The van der Waals surface area contributed by atoms with Gasteiger partial charge in [-0.25, -0.2) is 13.6 Å². The van der Waals surface area contributed by atoms with E-state index >= 15 is 0 Å². The zero-order chi connectivity index (χ0) is 19.5. The maximum absolute atomic E-state index is 13.3. The third-order valence-corrected chi connectivity index (χ3v) is 4.32. The summed E-state index contributed by atoms with van der Waals surface area (Å²) in [6.45, 7) is 8.06. The van der Waals surface area contributed by atoms with Crippen LogP contribution in [-0.2, 0) is 9.53 Å². The lowest BCUT2D eigenvalue weighted by molar-refractivity contribution is -0.127. The number of ether oxygens (including phenoxy) is 1. The molecule has 1 N–H and O–H groups in total. The van der Waals surface area contributed by atoms with E-state index in [4.69, 9.17) is 4.74 Å². The van der Waals surface area contributed by atoms with Crippen molar-refractivity contribution in [2.45, 2.75) is 52.2 Å². The van der Waals surface area contributed by atoms with E-state index in [1.54, 1.807) is 11.8 Å². The van der Waals surface area contributed by atoms with Crippen LogP contribution in [0.1, 0.15) is 52.1 Å². The zero-order valence-corrected chi connectivity index (χ0v) is 15.6. The Morgan fingerprint density at radius 1 is 1.19 bits per heavy atom. The van der Waals surface area contributed by atoms with Crippen LogP contribution >= 0.6 is 0 Å². The molecule has 2 rings (SSSR count). The van der Waals surface area contributed by atoms with Crippen LogP contribution in [0, 0.1) is 17.6 Å². The summed E-state index contributed by atoms with van der Waals surface area (Å²) in [5.41, 5.74) is -0.0472. The van der Waals surface area contributed by atoms with E-state index in [9.17, 15) is 18.4 Å². The number of nitrogens with one attached hydrogen (secondary N) is 1. The number of carbonyl (C=O) groups excluding carboxylic acids is 2. The fourth-order valence-corrected chi connectivity index (χ4v) is 2.85. The van der Waals surface area contributed by atoms with Crippen molar-refractivity contribution in [1.82, 2.24) is 10.2 Å². The number of hydrogen-bond acceptors (Lipinski definition) is 3. The van der Waals surface area contributed by atoms with Gasteiger partial charge in [-0.15, -0.1) is 0 Å². The van der Waals surface area contributed by atoms with Crippen LogP contribution in [0.15, 0.2) is 18.2 Å². The van der Waals surface area contributed by atoms with Gasteiger partial charge in [0.1, 0.15) is 5.60 Å². The summed E-state index contributed by atoms with van der Waals surface area (Å²) in [7, 11) is 0. The summed E-state index contributed by atoms with van der Waals surface area (Å²) in [5, 5.41) is 2.83. The van der Waals surface area contributed by atoms with E-state index in [-0.39, 0.29) is 17.9 Å². The van der Waals surface area contributed by atoms with Gasteiger partial charge in [0.15, 0.2) is 11.6 Å². The lowest BCUT2D eigenvalue weighted by Crippen LogP contribution is -2.45. The molecule has 1 aliphatic heterocycles. The molecular formula is C19H26F2N2O3. The fourth-order valence-electron chi connectivity index (χ4n) is 2.85. The van der Waals surface area contributed by atoms with E-state index in [1.807, 2.05) is 20.8 Å². The number of halogens is 2. The second-order valence-corrected chi connectivity index (χ2v) is 7.65. The number of carbonyl (C=O) groups is 2. The Morgan fingerprint density at radius 2 is 1.81 bits per heavy atom. The minimum Gasteiger partial charge on any atom is -0.444 e. The molecule has 1 atom stereocenters. The first kappa shape index (κ1) is 20.1. The topological polar surface area (TPSA) is 58.6 Å². The highest BCUT2D eigenvalue weighted by atomic mass is 19.2. The molecule has 2 amide bonds. The third kappa shape index (κ3) is 5.41. The van der Waals surface area contributed by atoms with Gasteiger partial charge in [0.2, 0.25) is 5.91 Å². The average Bonchev–Trinajstić information content (AvgIpc) is 2.55. The maximum atomic E-state index is 13.3. The van der Waals surface area contributed by atoms with Gasteiger partial charge in [-0.3, -0.25) is 4.79 Å². The lowest BCUT2D eigenvalue weighted by atomic mass is 9.95. The molecule has 144 valence electrons. The highest BCUT2D eigenvalue weighted by molar-refractivity contribution is 5.79. The van der Waals surface area contributed by atoms with Crippen LogP contribution < -0.4 is 5.32 Å². The molecule has 5 nitrogen and oxygen atoms in total. The predicted molar refractivity (Wildman–Crippen MR) is 93.4 cm³/mol. The van der Waals surface area contributed by atoms with Gasteiger partial charge in [0.05, 0.1) is 6.04 Å². The van der Waals surface area contributed by atoms with Crippen molar-refractivity contribution in [1.29, 1.82) is 0 Å². The predicted octanol–water partition coefficient (Wildman–Crippen LogP) is 3.79. The molecule has 0 spiro atoms. The Hall–Kier alpha value is -2.18.